The molecule has 3 rings (SSSR count). The lowest BCUT2D eigenvalue weighted by atomic mass is 9.95. The van der Waals surface area contributed by atoms with Gasteiger partial charge in [-0.15, -0.1) is 21.5 Å². The first-order chi connectivity index (χ1) is 11.1. The molecular formula is C18H21N3OS. The number of rotatable bonds is 6. The lowest BCUT2D eigenvalue weighted by Crippen LogP contribution is -2.28. The van der Waals surface area contributed by atoms with Crippen LogP contribution in [0.3, 0.4) is 0 Å². The van der Waals surface area contributed by atoms with Crippen molar-refractivity contribution in [2.45, 2.75) is 32.9 Å². The summed E-state index contributed by atoms with van der Waals surface area (Å²) in [5, 5.41) is 14.0. The number of aromatic nitrogens is 2. The zero-order valence-electron chi connectivity index (χ0n) is 13.6. The molecule has 0 saturated heterocycles. The van der Waals surface area contributed by atoms with E-state index in [9.17, 15) is 0 Å². The number of hydrogen-bond acceptors (Lipinski definition) is 5. The summed E-state index contributed by atoms with van der Waals surface area (Å²) in [5.74, 6) is 1.67. The first-order valence-corrected chi connectivity index (χ1v) is 8.71. The van der Waals surface area contributed by atoms with Crippen molar-refractivity contribution in [3.05, 3.63) is 59.3 Å². The maximum Gasteiger partial charge on any atom is 0.257 e. The molecule has 0 amide bonds. The smallest absolute Gasteiger partial charge is 0.257 e. The predicted octanol–water partition coefficient (Wildman–Crippen LogP) is 4.85. The number of thiophene rings is 1. The summed E-state index contributed by atoms with van der Waals surface area (Å²) < 4.78 is 5.83. The second-order valence-corrected chi connectivity index (χ2v) is 6.89. The molecule has 0 aliphatic carbocycles. The van der Waals surface area contributed by atoms with Crippen LogP contribution < -0.4 is 5.32 Å². The molecule has 1 N–H and O–H groups in total. The molecule has 0 fully saturated rings. The van der Waals surface area contributed by atoms with Crippen molar-refractivity contribution in [1.82, 2.24) is 15.5 Å². The van der Waals surface area contributed by atoms with Gasteiger partial charge in [0.05, 0.1) is 10.9 Å². The van der Waals surface area contributed by atoms with E-state index in [1.165, 1.54) is 5.56 Å². The van der Waals surface area contributed by atoms with Crippen LogP contribution in [0.15, 0.2) is 52.3 Å². The lowest BCUT2D eigenvalue weighted by Gasteiger charge is -2.25. The van der Waals surface area contributed by atoms with E-state index in [4.69, 9.17) is 4.42 Å². The molecule has 0 radical (unpaired) electrons. The van der Waals surface area contributed by atoms with Crippen molar-refractivity contribution >= 4 is 11.3 Å². The highest BCUT2D eigenvalue weighted by Gasteiger charge is 2.22. The molecule has 0 aliphatic rings. The fourth-order valence-electron chi connectivity index (χ4n) is 2.58. The summed E-state index contributed by atoms with van der Waals surface area (Å²) in [6.45, 7) is 6.48. The minimum absolute atomic E-state index is 0.0104. The van der Waals surface area contributed by atoms with E-state index in [2.05, 4.69) is 60.6 Å². The van der Waals surface area contributed by atoms with Gasteiger partial charge in [-0.3, -0.25) is 5.32 Å². The monoisotopic (exact) mass is 327 g/mol. The van der Waals surface area contributed by atoms with Gasteiger partial charge in [-0.1, -0.05) is 50.2 Å². The van der Waals surface area contributed by atoms with Gasteiger partial charge in [0.15, 0.2) is 0 Å². The van der Waals surface area contributed by atoms with Gasteiger partial charge in [0, 0.05) is 6.04 Å². The highest BCUT2D eigenvalue weighted by Crippen LogP contribution is 2.28. The fraction of sp³-hybridized carbons (Fsp3) is 0.333. The van der Waals surface area contributed by atoms with E-state index in [0.717, 1.165) is 4.88 Å². The van der Waals surface area contributed by atoms with Gasteiger partial charge >= 0.3 is 0 Å². The standard InChI is InChI=1S/C18H21N3OS/c1-12(2)16(14-8-5-4-6-9-14)19-13(3)17-20-21-18(22-17)15-10-7-11-23-15/h4-13,16,19H,1-3H3. The van der Waals surface area contributed by atoms with Crippen molar-refractivity contribution in [2.24, 2.45) is 5.92 Å². The van der Waals surface area contributed by atoms with Crippen LogP contribution in [0.1, 0.15) is 44.3 Å². The second kappa shape index (κ2) is 7.06. The van der Waals surface area contributed by atoms with Gasteiger partial charge in [-0.05, 0) is 29.9 Å². The van der Waals surface area contributed by atoms with Gasteiger partial charge < -0.3 is 4.42 Å². The number of nitrogens with zero attached hydrogens (tertiary/aromatic N) is 2. The molecule has 2 heterocycles. The number of benzene rings is 1. The van der Waals surface area contributed by atoms with E-state index in [-0.39, 0.29) is 12.1 Å². The molecule has 0 spiro atoms. The zero-order chi connectivity index (χ0) is 16.2. The Bertz CT molecular complexity index is 722. The minimum atomic E-state index is -0.0104. The van der Waals surface area contributed by atoms with E-state index in [1.807, 2.05) is 23.6 Å². The summed E-state index contributed by atoms with van der Waals surface area (Å²) in [6, 6.07) is 14.7. The molecule has 120 valence electrons. The van der Waals surface area contributed by atoms with E-state index in [1.54, 1.807) is 11.3 Å². The Morgan fingerprint density at radius 1 is 1.00 bits per heavy atom. The Balaban J connectivity index is 1.76. The fourth-order valence-corrected chi connectivity index (χ4v) is 3.23. The second-order valence-electron chi connectivity index (χ2n) is 5.94. The molecule has 4 nitrogen and oxygen atoms in total. The highest BCUT2D eigenvalue weighted by atomic mass is 32.1. The molecule has 2 aromatic heterocycles. The third kappa shape index (κ3) is 3.68. The maximum atomic E-state index is 5.83. The summed E-state index contributed by atoms with van der Waals surface area (Å²) in [4.78, 5) is 0.999. The van der Waals surface area contributed by atoms with Gasteiger partial charge in [-0.25, -0.2) is 0 Å². The zero-order valence-corrected chi connectivity index (χ0v) is 14.4. The van der Waals surface area contributed by atoms with Gasteiger partial charge in [0.25, 0.3) is 5.89 Å². The normalized spacial score (nSPS) is 14.1. The molecule has 0 saturated carbocycles. The van der Waals surface area contributed by atoms with Gasteiger partial charge in [0.1, 0.15) is 0 Å². The van der Waals surface area contributed by atoms with Crippen LogP contribution in [0.25, 0.3) is 10.8 Å². The van der Waals surface area contributed by atoms with Crippen LogP contribution in [0, 0.1) is 5.92 Å². The first-order valence-electron chi connectivity index (χ1n) is 7.83. The minimum Gasteiger partial charge on any atom is -0.418 e. The average molecular weight is 327 g/mol. The summed E-state index contributed by atoms with van der Waals surface area (Å²) in [5.41, 5.74) is 1.27. The molecule has 0 bridgehead atoms. The molecule has 0 aliphatic heterocycles. The molecule has 5 heteroatoms. The third-order valence-corrected chi connectivity index (χ3v) is 4.66. The lowest BCUT2D eigenvalue weighted by molar-refractivity contribution is 0.335. The number of hydrogen-bond donors (Lipinski definition) is 1. The van der Waals surface area contributed by atoms with Crippen LogP contribution in [0.2, 0.25) is 0 Å². The molecule has 2 atom stereocenters. The average Bonchev–Trinajstić information content (AvgIpc) is 3.23. The largest absolute Gasteiger partial charge is 0.418 e. The molecule has 1 aromatic carbocycles. The van der Waals surface area contributed by atoms with E-state index < -0.39 is 0 Å². The van der Waals surface area contributed by atoms with Gasteiger partial charge in [0.2, 0.25) is 5.89 Å². The highest BCUT2D eigenvalue weighted by molar-refractivity contribution is 7.13. The number of nitrogens with one attached hydrogen (secondary N) is 1. The Kier molecular flexibility index (Phi) is 4.88. The van der Waals surface area contributed by atoms with Crippen LogP contribution in [-0.2, 0) is 0 Å². The summed E-state index contributed by atoms with van der Waals surface area (Å²) in [7, 11) is 0. The van der Waals surface area contributed by atoms with Crippen LogP contribution >= 0.6 is 11.3 Å². The quantitative estimate of drug-likeness (QED) is 0.703. The van der Waals surface area contributed by atoms with Gasteiger partial charge in [-0.2, -0.15) is 0 Å². The Labute approximate surface area is 140 Å². The van der Waals surface area contributed by atoms with Crippen LogP contribution in [0.4, 0.5) is 0 Å². The molecular weight excluding hydrogens is 306 g/mol. The predicted molar refractivity (Wildman–Crippen MR) is 93.2 cm³/mol. The van der Waals surface area contributed by atoms with E-state index in [0.29, 0.717) is 17.7 Å². The molecule has 23 heavy (non-hydrogen) atoms. The topological polar surface area (TPSA) is 51.0 Å². The van der Waals surface area contributed by atoms with Crippen LogP contribution in [-0.4, -0.2) is 10.2 Å². The van der Waals surface area contributed by atoms with Crippen molar-refractivity contribution in [3.63, 3.8) is 0 Å². The third-order valence-electron chi connectivity index (χ3n) is 3.80. The Morgan fingerprint density at radius 3 is 2.43 bits per heavy atom. The van der Waals surface area contributed by atoms with Crippen molar-refractivity contribution in [3.8, 4) is 10.8 Å². The van der Waals surface area contributed by atoms with Crippen molar-refractivity contribution < 1.29 is 4.42 Å². The van der Waals surface area contributed by atoms with Crippen molar-refractivity contribution in [1.29, 1.82) is 0 Å². The maximum absolute atomic E-state index is 5.83. The summed E-state index contributed by atoms with van der Waals surface area (Å²) >= 11 is 1.60. The summed E-state index contributed by atoms with van der Waals surface area (Å²) in [6.07, 6.45) is 0. The van der Waals surface area contributed by atoms with Crippen LogP contribution in [0.5, 0.6) is 0 Å². The molecule has 2 unspecified atom stereocenters. The Hall–Kier alpha value is -1.98. The van der Waals surface area contributed by atoms with Crippen molar-refractivity contribution in [2.75, 3.05) is 0 Å². The SMILES string of the molecule is CC(NC(c1ccccc1)C(C)C)c1nnc(-c2cccs2)o1. The van der Waals surface area contributed by atoms with E-state index >= 15 is 0 Å². The molecule has 3 aromatic rings. The first kappa shape index (κ1) is 15.9. The Morgan fingerprint density at radius 2 is 1.78 bits per heavy atom.